The Morgan fingerprint density at radius 2 is 1.84 bits per heavy atom. The lowest BCUT2D eigenvalue weighted by Gasteiger charge is -2.17. The summed E-state index contributed by atoms with van der Waals surface area (Å²) in [5, 5.41) is 23.2. The molecule has 0 aliphatic heterocycles. The molecule has 0 heterocycles. The van der Waals surface area contributed by atoms with Gasteiger partial charge in [-0.15, -0.1) is 23.2 Å². The lowest BCUT2D eigenvalue weighted by molar-refractivity contribution is -0.140. The number of carbonyl (C=O) groups excluding carboxylic acids is 1. The van der Waals surface area contributed by atoms with Gasteiger partial charge >= 0.3 is 11.9 Å². The second-order valence-corrected chi connectivity index (χ2v) is 5.99. The van der Waals surface area contributed by atoms with Crippen LogP contribution in [0.25, 0.3) is 0 Å². The van der Waals surface area contributed by atoms with Crippen LogP contribution < -0.4 is 10.6 Å². The zero-order chi connectivity index (χ0) is 18.8. The van der Waals surface area contributed by atoms with Crippen molar-refractivity contribution in [3.8, 4) is 0 Å². The van der Waals surface area contributed by atoms with Crippen LogP contribution in [0.2, 0.25) is 0 Å². The molecule has 0 radical (unpaired) electrons. The van der Waals surface area contributed by atoms with Gasteiger partial charge in [0.05, 0.1) is 5.56 Å². The SMILES string of the molecule is O=C(O)CCC(NC(=O)c1ccc(CCCl)cc1NCCCl)C(=O)O. The minimum absolute atomic E-state index is 0.203. The second-order valence-electron chi connectivity index (χ2n) is 5.23. The number of halogens is 2. The summed E-state index contributed by atoms with van der Waals surface area (Å²) in [5.41, 5.74) is 1.69. The Bertz CT molecular complexity index is 625. The van der Waals surface area contributed by atoms with Crippen molar-refractivity contribution in [2.75, 3.05) is 23.6 Å². The highest BCUT2D eigenvalue weighted by Gasteiger charge is 2.23. The highest BCUT2D eigenvalue weighted by Crippen LogP contribution is 2.19. The van der Waals surface area contributed by atoms with Gasteiger partial charge in [-0.1, -0.05) is 6.07 Å². The molecule has 0 bridgehead atoms. The van der Waals surface area contributed by atoms with Gasteiger partial charge in [0.25, 0.3) is 5.91 Å². The number of nitrogens with one attached hydrogen (secondary N) is 2. The number of anilines is 1. The molecule has 25 heavy (non-hydrogen) atoms. The largest absolute Gasteiger partial charge is 0.481 e. The van der Waals surface area contributed by atoms with Crippen molar-refractivity contribution < 1.29 is 24.6 Å². The number of aryl methyl sites for hydroxylation is 1. The van der Waals surface area contributed by atoms with Crippen molar-refractivity contribution in [2.24, 2.45) is 0 Å². The van der Waals surface area contributed by atoms with E-state index in [4.69, 9.17) is 33.4 Å². The van der Waals surface area contributed by atoms with Crippen molar-refractivity contribution >= 4 is 46.7 Å². The molecule has 0 aromatic heterocycles. The summed E-state index contributed by atoms with van der Waals surface area (Å²) < 4.78 is 0. The van der Waals surface area contributed by atoms with E-state index < -0.39 is 23.9 Å². The van der Waals surface area contributed by atoms with Crippen molar-refractivity contribution in [3.63, 3.8) is 0 Å². The van der Waals surface area contributed by atoms with Gasteiger partial charge in [0.2, 0.25) is 0 Å². The summed E-state index contributed by atoms with van der Waals surface area (Å²) in [6.07, 6.45) is 0.0593. The summed E-state index contributed by atoms with van der Waals surface area (Å²) in [6.45, 7) is 0.424. The van der Waals surface area contributed by atoms with E-state index in [1.54, 1.807) is 18.2 Å². The topological polar surface area (TPSA) is 116 Å². The van der Waals surface area contributed by atoms with Crippen molar-refractivity contribution in [2.45, 2.75) is 25.3 Å². The fourth-order valence-electron chi connectivity index (χ4n) is 2.14. The molecule has 1 rings (SSSR count). The van der Waals surface area contributed by atoms with Crippen LogP contribution in [0.1, 0.15) is 28.8 Å². The Balaban J connectivity index is 2.96. The van der Waals surface area contributed by atoms with E-state index in [-0.39, 0.29) is 18.4 Å². The fourth-order valence-corrected chi connectivity index (χ4v) is 2.46. The zero-order valence-corrected chi connectivity index (χ0v) is 14.9. The van der Waals surface area contributed by atoms with E-state index in [0.29, 0.717) is 30.4 Å². The van der Waals surface area contributed by atoms with E-state index in [0.717, 1.165) is 5.56 Å². The van der Waals surface area contributed by atoms with Crippen LogP contribution >= 0.6 is 23.2 Å². The van der Waals surface area contributed by atoms with Gasteiger partial charge < -0.3 is 20.8 Å². The molecule has 4 N–H and O–H groups in total. The molecule has 1 amide bonds. The number of benzene rings is 1. The third-order valence-corrected chi connectivity index (χ3v) is 3.75. The molecule has 0 saturated carbocycles. The molecule has 0 aliphatic rings. The van der Waals surface area contributed by atoms with E-state index in [2.05, 4.69) is 10.6 Å². The average Bonchev–Trinajstić information content (AvgIpc) is 2.56. The van der Waals surface area contributed by atoms with Crippen molar-refractivity contribution in [1.82, 2.24) is 5.32 Å². The van der Waals surface area contributed by atoms with Gasteiger partial charge in [-0.05, 0) is 30.5 Å². The predicted octanol–water partition coefficient (Wildman–Crippen LogP) is 2.17. The molecular formula is C16H20Cl2N2O5. The molecule has 1 aromatic carbocycles. The first kappa shape index (κ1) is 21.1. The number of amides is 1. The van der Waals surface area contributed by atoms with E-state index >= 15 is 0 Å². The number of aliphatic carboxylic acids is 2. The highest BCUT2D eigenvalue weighted by atomic mass is 35.5. The number of rotatable bonds is 11. The monoisotopic (exact) mass is 390 g/mol. The Morgan fingerprint density at radius 3 is 2.40 bits per heavy atom. The van der Waals surface area contributed by atoms with Gasteiger partial charge in [-0.2, -0.15) is 0 Å². The lowest BCUT2D eigenvalue weighted by Crippen LogP contribution is -2.41. The Labute approximate surface area is 155 Å². The summed E-state index contributed by atoms with van der Waals surface area (Å²) in [5.74, 6) is -2.26. The first-order valence-corrected chi connectivity index (χ1v) is 8.70. The van der Waals surface area contributed by atoms with Gasteiger partial charge in [0, 0.05) is 30.4 Å². The fraction of sp³-hybridized carbons (Fsp3) is 0.438. The van der Waals surface area contributed by atoms with Gasteiger partial charge in [0.1, 0.15) is 6.04 Å². The molecule has 1 aromatic rings. The minimum Gasteiger partial charge on any atom is -0.481 e. The van der Waals surface area contributed by atoms with E-state index in [9.17, 15) is 14.4 Å². The maximum atomic E-state index is 12.4. The van der Waals surface area contributed by atoms with Crippen molar-refractivity contribution in [3.05, 3.63) is 29.3 Å². The van der Waals surface area contributed by atoms with Gasteiger partial charge in [-0.3, -0.25) is 9.59 Å². The molecule has 7 nitrogen and oxygen atoms in total. The zero-order valence-electron chi connectivity index (χ0n) is 13.4. The van der Waals surface area contributed by atoms with Gasteiger partial charge in [0.15, 0.2) is 0 Å². The summed E-state index contributed by atoms with van der Waals surface area (Å²) in [4.78, 5) is 34.3. The number of alkyl halides is 2. The smallest absolute Gasteiger partial charge is 0.326 e. The standard InChI is InChI=1S/C16H20Cl2N2O5/c17-6-5-10-1-2-11(13(9-10)19-8-7-18)15(23)20-12(16(24)25)3-4-14(21)22/h1-2,9,12,19H,3-8H2,(H,20,23)(H,21,22)(H,24,25). The molecule has 1 unspecified atom stereocenters. The molecule has 0 aliphatic carbocycles. The van der Waals surface area contributed by atoms with Crippen LogP contribution in [0.15, 0.2) is 18.2 Å². The minimum atomic E-state index is -1.29. The Hall–Kier alpha value is -1.99. The van der Waals surface area contributed by atoms with E-state index in [1.165, 1.54) is 0 Å². The molecular weight excluding hydrogens is 371 g/mol. The molecule has 0 spiro atoms. The molecule has 0 fully saturated rings. The third kappa shape index (κ3) is 7.19. The molecule has 138 valence electrons. The first-order valence-electron chi connectivity index (χ1n) is 7.63. The summed E-state index contributed by atoms with van der Waals surface area (Å²) in [7, 11) is 0. The quantitative estimate of drug-likeness (QED) is 0.430. The average molecular weight is 391 g/mol. The van der Waals surface area contributed by atoms with Crippen LogP contribution in [0, 0.1) is 0 Å². The third-order valence-electron chi connectivity index (χ3n) is 3.37. The highest BCUT2D eigenvalue weighted by molar-refractivity contribution is 6.18. The molecule has 1 atom stereocenters. The maximum Gasteiger partial charge on any atom is 0.326 e. The first-order chi connectivity index (χ1) is 11.9. The lowest BCUT2D eigenvalue weighted by atomic mass is 10.1. The van der Waals surface area contributed by atoms with E-state index in [1.807, 2.05) is 0 Å². The van der Waals surface area contributed by atoms with Crippen molar-refractivity contribution in [1.29, 1.82) is 0 Å². The molecule has 0 saturated heterocycles. The number of carboxylic acids is 2. The summed E-state index contributed by atoms with van der Waals surface area (Å²) >= 11 is 11.4. The maximum absolute atomic E-state index is 12.4. The predicted molar refractivity (Wildman–Crippen MR) is 95.8 cm³/mol. The second kappa shape index (κ2) is 10.8. The normalized spacial score (nSPS) is 11.6. The molecule has 9 heteroatoms. The number of carbonyl (C=O) groups is 3. The van der Waals surface area contributed by atoms with Crippen LogP contribution in [0.4, 0.5) is 5.69 Å². The van der Waals surface area contributed by atoms with Crippen LogP contribution in [-0.4, -0.2) is 52.4 Å². The number of hydrogen-bond donors (Lipinski definition) is 4. The van der Waals surface area contributed by atoms with Gasteiger partial charge in [-0.25, -0.2) is 4.79 Å². The number of hydrogen-bond acceptors (Lipinski definition) is 4. The Kier molecular flexibility index (Phi) is 9.08. The van der Waals surface area contributed by atoms with Crippen LogP contribution in [0.3, 0.4) is 0 Å². The summed E-state index contributed by atoms with van der Waals surface area (Å²) in [6, 6.07) is 3.78. The Morgan fingerprint density at radius 1 is 1.12 bits per heavy atom. The van der Waals surface area contributed by atoms with Crippen LogP contribution in [-0.2, 0) is 16.0 Å². The number of carboxylic acid groups (broad SMARTS) is 2. The van der Waals surface area contributed by atoms with Crippen LogP contribution in [0.5, 0.6) is 0 Å².